The lowest BCUT2D eigenvalue weighted by atomic mass is 10.1. The molecule has 0 saturated carbocycles. The fourth-order valence-electron chi connectivity index (χ4n) is 3.72. The molecule has 1 aliphatic heterocycles. The van der Waals surface area contributed by atoms with Crippen molar-refractivity contribution in [2.75, 3.05) is 23.4 Å². The van der Waals surface area contributed by atoms with Crippen LogP contribution in [0.25, 0.3) is 0 Å². The molecule has 7 nitrogen and oxygen atoms in total. The minimum Gasteiger partial charge on any atom is -0.484 e. The number of nitrogens with one attached hydrogen (secondary N) is 2. The molecule has 0 unspecified atom stereocenters. The number of benzene rings is 3. The second-order valence-corrected chi connectivity index (χ2v) is 9.48. The van der Waals surface area contributed by atoms with Crippen molar-refractivity contribution in [1.82, 2.24) is 5.32 Å². The summed E-state index contributed by atoms with van der Waals surface area (Å²) in [6.45, 7) is 0.428. The number of amides is 3. The molecule has 1 fully saturated rings. The normalized spacial score (nSPS) is 15.0. The Labute approximate surface area is 223 Å². The zero-order valence-electron chi connectivity index (χ0n) is 19.0. The average molecular weight is 547 g/mol. The van der Waals surface area contributed by atoms with Crippen LogP contribution < -0.4 is 20.3 Å². The van der Waals surface area contributed by atoms with Crippen molar-refractivity contribution in [3.63, 3.8) is 0 Å². The Morgan fingerprint density at radius 3 is 2.33 bits per heavy atom. The molecule has 1 heterocycles. The monoisotopic (exact) mass is 545 g/mol. The maximum Gasteiger partial charge on any atom is 0.262 e. The second-order valence-electron chi connectivity index (χ2n) is 8.20. The molecule has 186 valence electrons. The Morgan fingerprint density at radius 2 is 1.64 bits per heavy atom. The van der Waals surface area contributed by atoms with Gasteiger partial charge in [0.15, 0.2) is 6.61 Å². The second kappa shape index (κ2) is 11.6. The fraction of sp³-hybridized carbons (Fsp3) is 0.192. The van der Waals surface area contributed by atoms with E-state index in [2.05, 4.69) is 10.6 Å². The van der Waals surface area contributed by atoms with Crippen LogP contribution >= 0.6 is 34.8 Å². The van der Waals surface area contributed by atoms with Gasteiger partial charge in [0.1, 0.15) is 5.75 Å². The molecule has 1 atom stereocenters. The van der Waals surface area contributed by atoms with Crippen molar-refractivity contribution in [3.05, 3.63) is 87.4 Å². The zero-order chi connectivity index (χ0) is 25.7. The van der Waals surface area contributed by atoms with Crippen molar-refractivity contribution < 1.29 is 19.1 Å². The summed E-state index contributed by atoms with van der Waals surface area (Å²) >= 11 is 17.8. The van der Waals surface area contributed by atoms with E-state index in [4.69, 9.17) is 39.5 Å². The van der Waals surface area contributed by atoms with Crippen molar-refractivity contribution >= 4 is 63.9 Å². The number of hydrogen-bond acceptors (Lipinski definition) is 4. The SMILES string of the molecule is O=C(COc1ccc(N2C[C@@H](C(=O)NCc3ccc(Cl)cc3)CC2=O)cc1)Nc1ccc(Cl)cc1Cl. The highest BCUT2D eigenvalue weighted by Crippen LogP contribution is 2.28. The molecule has 2 N–H and O–H groups in total. The van der Waals surface area contributed by atoms with Crippen LogP contribution in [0.5, 0.6) is 5.75 Å². The Bertz CT molecular complexity index is 1270. The van der Waals surface area contributed by atoms with Crippen molar-refractivity contribution in [2.45, 2.75) is 13.0 Å². The summed E-state index contributed by atoms with van der Waals surface area (Å²) in [6.07, 6.45) is 0.137. The van der Waals surface area contributed by atoms with Crippen molar-refractivity contribution in [1.29, 1.82) is 0 Å². The van der Waals surface area contributed by atoms with Crippen LogP contribution in [0.2, 0.25) is 15.1 Å². The van der Waals surface area contributed by atoms with Gasteiger partial charge in [0, 0.05) is 35.2 Å². The lowest BCUT2D eigenvalue weighted by molar-refractivity contribution is -0.126. The molecule has 36 heavy (non-hydrogen) atoms. The number of rotatable bonds is 8. The van der Waals surface area contributed by atoms with E-state index in [1.165, 1.54) is 6.07 Å². The van der Waals surface area contributed by atoms with Gasteiger partial charge < -0.3 is 20.3 Å². The molecule has 3 amide bonds. The van der Waals surface area contributed by atoms with Gasteiger partial charge in [0.25, 0.3) is 5.91 Å². The molecule has 3 aromatic rings. The molecule has 0 aliphatic carbocycles. The van der Waals surface area contributed by atoms with E-state index >= 15 is 0 Å². The van der Waals surface area contributed by atoms with Crippen LogP contribution in [0.15, 0.2) is 66.7 Å². The summed E-state index contributed by atoms with van der Waals surface area (Å²) in [7, 11) is 0. The highest BCUT2D eigenvalue weighted by atomic mass is 35.5. The van der Waals surface area contributed by atoms with Gasteiger partial charge in [0.2, 0.25) is 11.8 Å². The molecule has 0 spiro atoms. The van der Waals surface area contributed by atoms with Gasteiger partial charge in [-0.25, -0.2) is 0 Å². The Morgan fingerprint density at radius 1 is 0.944 bits per heavy atom. The molecule has 0 aromatic heterocycles. The first-order valence-corrected chi connectivity index (χ1v) is 12.2. The number of anilines is 2. The van der Waals surface area contributed by atoms with Crippen LogP contribution in [0.1, 0.15) is 12.0 Å². The number of ether oxygens (including phenoxy) is 1. The summed E-state index contributed by atoms with van der Waals surface area (Å²) in [5.41, 5.74) is 2.01. The predicted molar refractivity (Wildman–Crippen MR) is 141 cm³/mol. The lowest BCUT2D eigenvalue weighted by Gasteiger charge is -2.17. The predicted octanol–water partition coefficient (Wildman–Crippen LogP) is 5.33. The molecule has 4 rings (SSSR count). The van der Waals surface area contributed by atoms with E-state index in [0.29, 0.717) is 38.7 Å². The number of hydrogen-bond donors (Lipinski definition) is 2. The Kier molecular flexibility index (Phi) is 8.36. The van der Waals surface area contributed by atoms with Gasteiger partial charge in [-0.05, 0) is 60.2 Å². The van der Waals surface area contributed by atoms with Crippen LogP contribution in [-0.2, 0) is 20.9 Å². The third kappa shape index (κ3) is 6.69. The molecular weight excluding hydrogens is 525 g/mol. The third-order valence-electron chi connectivity index (χ3n) is 5.60. The van der Waals surface area contributed by atoms with E-state index in [1.54, 1.807) is 53.4 Å². The van der Waals surface area contributed by atoms with E-state index < -0.39 is 5.92 Å². The molecule has 10 heteroatoms. The topological polar surface area (TPSA) is 87.7 Å². The fourth-order valence-corrected chi connectivity index (χ4v) is 4.30. The van der Waals surface area contributed by atoms with Gasteiger partial charge in [0.05, 0.1) is 16.6 Å². The molecule has 3 aromatic carbocycles. The third-order valence-corrected chi connectivity index (χ3v) is 6.40. The summed E-state index contributed by atoms with van der Waals surface area (Å²) in [5, 5.41) is 6.96. The molecule has 0 radical (unpaired) electrons. The number of carbonyl (C=O) groups excluding carboxylic acids is 3. The number of carbonyl (C=O) groups is 3. The maximum atomic E-state index is 12.6. The van der Waals surface area contributed by atoms with Crippen molar-refractivity contribution in [2.24, 2.45) is 5.92 Å². The number of halogens is 3. The van der Waals surface area contributed by atoms with Crippen LogP contribution in [0, 0.1) is 5.92 Å². The van der Waals surface area contributed by atoms with Gasteiger partial charge in [-0.3, -0.25) is 14.4 Å². The molecule has 0 bridgehead atoms. The summed E-state index contributed by atoms with van der Waals surface area (Å²) in [5.74, 6) is -0.670. The highest BCUT2D eigenvalue weighted by molar-refractivity contribution is 6.36. The van der Waals surface area contributed by atoms with E-state index in [1.807, 2.05) is 12.1 Å². The van der Waals surface area contributed by atoms with Gasteiger partial charge in [-0.1, -0.05) is 46.9 Å². The van der Waals surface area contributed by atoms with Crippen molar-refractivity contribution in [3.8, 4) is 5.75 Å². The standard InChI is InChI=1S/C26H22Cl3N3O4/c27-18-3-1-16(2-4-18)13-30-26(35)17-11-25(34)32(14-17)20-6-8-21(9-7-20)36-15-24(33)31-23-10-5-19(28)12-22(23)29/h1-10,12,17H,11,13-15H2,(H,30,35)(H,31,33)/t17-/m0/s1. The van der Waals surface area contributed by atoms with E-state index in [-0.39, 0.29) is 37.3 Å². The average Bonchev–Trinajstić information content (AvgIpc) is 3.26. The first-order valence-electron chi connectivity index (χ1n) is 11.1. The van der Waals surface area contributed by atoms with Crippen LogP contribution in [0.4, 0.5) is 11.4 Å². The summed E-state index contributed by atoms with van der Waals surface area (Å²) in [6, 6.07) is 18.7. The smallest absolute Gasteiger partial charge is 0.262 e. The zero-order valence-corrected chi connectivity index (χ0v) is 21.2. The van der Waals surface area contributed by atoms with E-state index in [9.17, 15) is 14.4 Å². The lowest BCUT2D eigenvalue weighted by Crippen LogP contribution is -2.32. The molecular formula is C26H22Cl3N3O4. The Balaban J connectivity index is 1.27. The largest absolute Gasteiger partial charge is 0.484 e. The maximum absolute atomic E-state index is 12.6. The van der Waals surface area contributed by atoms with Gasteiger partial charge in [-0.2, -0.15) is 0 Å². The summed E-state index contributed by atoms with van der Waals surface area (Å²) < 4.78 is 5.53. The molecule has 1 aliphatic rings. The molecule has 1 saturated heterocycles. The van der Waals surface area contributed by atoms with Crippen LogP contribution in [-0.4, -0.2) is 30.9 Å². The highest BCUT2D eigenvalue weighted by Gasteiger charge is 2.35. The number of nitrogens with zero attached hydrogens (tertiary/aromatic N) is 1. The van der Waals surface area contributed by atoms with E-state index in [0.717, 1.165) is 5.56 Å². The first kappa shape index (κ1) is 25.8. The quantitative estimate of drug-likeness (QED) is 0.400. The Hall–Kier alpha value is -3.26. The minimum atomic E-state index is -0.441. The van der Waals surface area contributed by atoms with Gasteiger partial charge >= 0.3 is 0 Å². The van der Waals surface area contributed by atoms with Crippen LogP contribution in [0.3, 0.4) is 0 Å². The minimum absolute atomic E-state index is 0.130. The van der Waals surface area contributed by atoms with Gasteiger partial charge in [-0.15, -0.1) is 0 Å². The first-order chi connectivity index (χ1) is 17.3. The summed E-state index contributed by atoms with van der Waals surface area (Å²) in [4.78, 5) is 38.9.